The molecule has 6 heteroatoms. The summed E-state index contributed by atoms with van der Waals surface area (Å²) in [5.41, 5.74) is 0.863. The van der Waals surface area contributed by atoms with Gasteiger partial charge in [-0.15, -0.1) is 0 Å². The van der Waals surface area contributed by atoms with Gasteiger partial charge in [0.25, 0.3) is 0 Å². The Morgan fingerprint density at radius 3 is 2.74 bits per heavy atom. The Balaban J connectivity index is 1.87. The zero-order chi connectivity index (χ0) is 13.8. The minimum atomic E-state index is 0.0814. The Morgan fingerprint density at radius 1 is 1.47 bits per heavy atom. The van der Waals surface area contributed by atoms with Crippen molar-refractivity contribution in [1.82, 2.24) is 14.8 Å². The molecule has 0 radical (unpaired) electrons. The molecule has 5 nitrogen and oxygen atoms in total. The van der Waals surface area contributed by atoms with Crippen LogP contribution in [-0.4, -0.2) is 54.0 Å². The summed E-state index contributed by atoms with van der Waals surface area (Å²) in [7, 11) is 3.56. The van der Waals surface area contributed by atoms with Crippen LogP contribution in [0.5, 0.6) is 0 Å². The second kappa shape index (κ2) is 6.10. The quantitative estimate of drug-likeness (QED) is 0.905. The number of aromatic nitrogens is 1. The van der Waals surface area contributed by atoms with E-state index in [1.807, 2.05) is 4.90 Å². The molecule has 19 heavy (non-hydrogen) atoms. The first-order valence-electron chi connectivity index (χ1n) is 6.40. The van der Waals surface area contributed by atoms with Crippen LogP contribution < -0.4 is 5.32 Å². The number of carbonyl (C=O) groups excluding carboxylic acids is 1. The van der Waals surface area contributed by atoms with E-state index >= 15 is 0 Å². The summed E-state index contributed by atoms with van der Waals surface area (Å²) in [5.74, 6) is 0. The number of piperidine rings is 1. The van der Waals surface area contributed by atoms with Gasteiger partial charge in [0.1, 0.15) is 0 Å². The Morgan fingerprint density at radius 2 is 2.16 bits per heavy atom. The molecule has 1 saturated heterocycles. The Labute approximate surface area is 118 Å². The summed E-state index contributed by atoms with van der Waals surface area (Å²) in [6.07, 6.45) is 5.25. The maximum absolute atomic E-state index is 11.8. The number of carbonyl (C=O) groups is 1. The van der Waals surface area contributed by atoms with E-state index in [0.29, 0.717) is 11.1 Å². The van der Waals surface area contributed by atoms with Crippen molar-refractivity contribution in [2.75, 3.05) is 32.5 Å². The topological polar surface area (TPSA) is 48.5 Å². The number of urea groups is 1. The van der Waals surface area contributed by atoms with Gasteiger partial charge in [0.2, 0.25) is 0 Å². The van der Waals surface area contributed by atoms with Gasteiger partial charge in [-0.05, 0) is 18.9 Å². The maximum Gasteiger partial charge on any atom is 0.319 e. The second-order valence-electron chi connectivity index (χ2n) is 4.94. The predicted octanol–water partition coefficient (Wildman–Crippen LogP) is 2.29. The van der Waals surface area contributed by atoms with Gasteiger partial charge in [-0.25, -0.2) is 4.79 Å². The fourth-order valence-corrected chi connectivity index (χ4v) is 2.36. The van der Waals surface area contributed by atoms with Gasteiger partial charge in [0.15, 0.2) is 0 Å². The number of halogens is 1. The molecule has 0 unspecified atom stereocenters. The van der Waals surface area contributed by atoms with Crippen molar-refractivity contribution in [3.63, 3.8) is 0 Å². The van der Waals surface area contributed by atoms with Crippen molar-refractivity contribution in [2.45, 2.75) is 18.9 Å². The fourth-order valence-electron chi connectivity index (χ4n) is 2.20. The molecule has 1 aromatic heterocycles. The zero-order valence-electron chi connectivity index (χ0n) is 11.3. The van der Waals surface area contributed by atoms with Crippen molar-refractivity contribution in [1.29, 1.82) is 0 Å². The summed E-state index contributed by atoms with van der Waals surface area (Å²) < 4.78 is 0. The number of anilines is 1. The SMILES string of the molecule is CN(C)C(=O)N1CCC(Nc2cnccc2Cl)CC1. The minimum absolute atomic E-state index is 0.0814. The second-order valence-corrected chi connectivity index (χ2v) is 5.35. The van der Waals surface area contributed by atoms with Crippen molar-refractivity contribution < 1.29 is 4.79 Å². The molecule has 1 fully saturated rings. The monoisotopic (exact) mass is 282 g/mol. The lowest BCUT2D eigenvalue weighted by Crippen LogP contribution is -2.46. The number of nitrogens with zero attached hydrogens (tertiary/aromatic N) is 3. The molecule has 1 aliphatic rings. The van der Waals surface area contributed by atoms with Crippen LogP contribution in [0.4, 0.5) is 10.5 Å². The normalized spacial score (nSPS) is 16.3. The predicted molar refractivity (Wildman–Crippen MR) is 76.5 cm³/mol. The Kier molecular flexibility index (Phi) is 4.47. The zero-order valence-corrected chi connectivity index (χ0v) is 12.0. The number of nitrogens with one attached hydrogen (secondary N) is 1. The molecule has 2 rings (SSSR count). The Bertz CT molecular complexity index is 444. The first-order valence-corrected chi connectivity index (χ1v) is 6.78. The summed E-state index contributed by atoms with van der Waals surface area (Å²) in [6, 6.07) is 2.19. The number of likely N-dealkylation sites (tertiary alicyclic amines) is 1. The number of amides is 2. The standard InChI is InChI=1S/C13H19ClN4O/c1-17(2)13(19)18-7-4-10(5-8-18)16-12-9-15-6-3-11(12)14/h3,6,9-10,16H,4-5,7-8H2,1-2H3. The van der Waals surface area contributed by atoms with Gasteiger partial charge in [-0.3, -0.25) is 4.98 Å². The average molecular weight is 283 g/mol. The fraction of sp³-hybridized carbons (Fsp3) is 0.538. The first kappa shape index (κ1) is 13.9. The van der Waals surface area contributed by atoms with Crippen LogP contribution in [0.25, 0.3) is 0 Å². The van der Waals surface area contributed by atoms with Gasteiger partial charge in [-0.2, -0.15) is 0 Å². The third-order valence-electron chi connectivity index (χ3n) is 3.28. The molecule has 1 N–H and O–H groups in total. The molecular weight excluding hydrogens is 264 g/mol. The number of rotatable bonds is 2. The smallest absolute Gasteiger partial charge is 0.319 e. The van der Waals surface area contributed by atoms with Crippen LogP contribution in [0.2, 0.25) is 5.02 Å². The maximum atomic E-state index is 11.8. The molecule has 1 aliphatic heterocycles. The van der Waals surface area contributed by atoms with Gasteiger partial charge in [0.05, 0.1) is 16.9 Å². The molecule has 1 aromatic rings. The lowest BCUT2D eigenvalue weighted by molar-refractivity contribution is 0.158. The van der Waals surface area contributed by atoms with Crippen LogP contribution >= 0.6 is 11.6 Å². The van der Waals surface area contributed by atoms with E-state index in [2.05, 4.69) is 10.3 Å². The molecule has 104 valence electrons. The molecule has 2 heterocycles. The summed E-state index contributed by atoms with van der Waals surface area (Å²) in [5, 5.41) is 4.07. The van der Waals surface area contributed by atoms with Crippen molar-refractivity contribution in [3.05, 3.63) is 23.5 Å². The highest BCUT2D eigenvalue weighted by atomic mass is 35.5. The van der Waals surface area contributed by atoms with Crippen molar-refractivity contribution >= 4 is 23.3 Å². The first-order chi connectivity index (χ1) is 9.08. The van der Waals surface area contributed by atoms with Gasteiger partial charge < -0.3 is 15.1 Å². The number of hydrogen-bond donors (Lipinski definition) is 1. The lowest BCUT2D eigenvalue weighted by atomic mass is 10.1. The third kappa shape index (κ3) is 3.50. The van der Waals surface area contributed by atoms with Gasteiger partial charge in [0, 0.05) is 39.4 Å². The minimum Gasteiger partial charge on any atom is -0.380 e. The molecule has 0 atom stereocenters. The summed E-state index contributed by atoms with van der Waals surface area (Å²) >= 11 is 6.09. The average Bonchev–Trinajstić information content (AvgIpc) is 2.41. The van der Waals surface area contributed by atoms with E-state index < -0.39 is 0 Å². The molecule has 0 saturated carbocycles. The van der Waals surface area contributed by atoms with Crippen LogP contribution in [0.3, 0.4) is 0 Å². The van der Waals surface area contributed by atoms with Crippen LogP contribution in [0.15, 0.2) is 18.5 Å². The van der Waals surface area contributed by atoms with Crippen molar-refractivity contribution in [3.8, 4) is 0 Å². The number of pyridine rings is 1. The van der Waals surface area contributed by atoms with Gasteiger partial charge in [-0.1, -0.05) is 11.6 Å². The van der Waals surface area contributed by atoms with E-state index in [4.69, 9.17) is 11.6 Å². The van der Waals surface area contributed by atoms with E-state index in [9.17, 15) is 4.79 Å². The van der Waals surface area contributed by atoms with Crippen molar-refractivity contribution in [2.24, 2.45) is 0 Å². The van der Waals surface area contributed by atoms with Crippen LogP contribution in [0, 0.1) is 0 Å². The van der Waals surface area contributed by atoms with Crippen LogP contribution in [0.1, 0.15) is 12.8 Å². The highest BCUT2D eigenvalue weighted by molar-refractivity contribution is 6.33. The lowest BCUT2D eigenvalue weighted by Gasteiger charge is -2.34. The van der Waals surface area contributed by atoms with E-state index in [1.54, 1.807) is 37.5 Å². The highest BCUT2D eigenvalue weighted by Crippen LogP contribution is 2.23. The summed E-state index contributed by atoms with van der Waals surface area (Å²) in [6.45, 7) is 1.54. The molecular formula is C13H19ClN4O. The van der Waals surface area contributed by atoms with Crippen LogP contribution in [-0.2, 0) is 0 Å². The van der Waals surface area contributed by atoms with Gasteiger partial charge >= 0.3 is 6.03 Å². The largest absolute Gasteiger partial charge is 0.380 e. The van der Waals surface area contributed by atoms with E-state index in [1.165, 1.54) is 0 Å². The molecule has 0 aliphatic carbocycles. The third-order valence-corrected chi connectivity index (χ3v) is 3.61. The molecule has 0 spiro atoms. The molecule has 0 bridgehead atoms. The molecule has 2 amide bonds. The highest BCUT2D eigenvalue weighted by Gasteiger charge is 2.23. The Hall–Kier alpha value is -1.49. The van der Waals surface area contributed by atoms with E-state index in [-0.39, 0.29) is 6.03 Å². The number of hydrogen-bond acceptors (Lipinski definition) is 3. The van der Waals surface area contributed by atoms with E-state index in [0.717, 1.165) is 31.6 Å². The molecule has 0 aromatic carbocycles. The summed E-state index contributed by atoms with van der Waals surface area (Å²) in [4.78, 5) is 19.4.